The van der Waals surface area contributed by atoms with Gasteiger partial charge in [-0.15, -0.1) is 0 Å². The molecule has 0 saturated carbocycles. The number of aromatic nitrogens is 1. The lowest BCUT2D eigenvalue weighted by Crippen LogP contribution is -2.65. The van der Waals surface area contributed by atoms with Gasteiger partial charge in [-0.05, 0) is 12.5 Å². The van der Waals surface area contributed by atoms with Crippen molar-refractivity contribution in [2.45, 2.75) is 12.5 Å². The van der Waals surface area contributed by atoms with Crippen molar-refractivity contribution in [2.75, 3.05) is 24.5 Å². The molecule has 1 amide bonds. The molecule has 0 aliphatic carbocycles. The van der Waals surface area contributed by atoms with Gasteiger partial charge in [0.1, 0.15) is 6.07 Å². The highest BCUT2D eigenvalue weighted by atomic mass is 16.4. The molecule has 1 aromatic heterocycles. The van der Waals surface area contributed by atoms with Crippen LogP contribution in [0.3, 0.4) is 0 Å². The van der Waals surface area contributed by atoms with Gasteiger partial charge in [-0.3, -0.25) is 4.98 Å². The summed E-state index contributed by atoms with van der Waals surface area (Å²) < 4.78 is 0. The summed E-state index contributed by atoms with van der Waals surface area (Å²) in [6, 6.07) is 4.11. The minimum Gasteiger partial charge on any atom is -0.465 e. The number of carboxylic acid groups (broad SMARTS) is 1. The fourth-order valence-electron chi connectivity index (χ4n) is 2.91. The second-order valence-electron chi connectivity index (χ2n) is 5.04. The average molecular weight is 258 g/mol. The van der Waals surface area contributed by atoms with Crippen LogP contribution in [0.15, 0.2) is 18.5 Å². The predicted octanol–water partition coefficient (Wildman–Crippen LogP) is 1.14. The average Bonchev–Trinajstić information content (AvgIpc) is 2.40. The van der Waals surface area contributed by atoms with Crippen LogP contribution in [0.25, 0.3) is 0 Å². The van der Waals surface area contributed by atoms with E-state index in [4.69, 9.17) is 10.4 Å². The smallest absolute Gasteiger partial charge is 0.407 e. The van der Waals surface area contributed by atoms with E-state index in [2.05, 4.69) is 16.0 Å². The van der Waals surface area contributed by atoms with Crippen LogP contribution in [0.5, 0.6) is 0 Å². The molecule has 2 saturated heterocycles. The number of fused-ring (bicyclic) bond motifs is 1. The van der Waals surface area contributed by atoms with Gasteiger partial charge in [0.15, 0.2) is 0 Å². The number of nitrogens with zero attached hydrogens (tertiary/aromatic N) is 4. The summed E-state index contributed by atoms with van der Waals surface area (Å²) in [5.74, 6) is 0.557. The maximum Gasteiger partial charge on any atom is 0.407 e. The lowest BCUT2D eigenvalue weighted by Gasteiger charge is -2.54. The maximum absolute atomic E-state index is 11.0. The summed E-state index contributed by atoms with van der Waals surface area (Å²) in [7, 11) is 0. The van der Waals surface area contributed by atoms with E-state index in [-0.39, 0.29) is 6.04 Å². The number of rotatable bonds is 1. The van der Waals surface area contributed by atoms with Gasteiger partial charge in [0, 0.05) is 31.7 Å². The second kappa shape index (κ2) is 4.43. The van der Waals surface area contributed by atoms with Crippen LogP contribution >= 0.6 is 0 Å². The Bertz CT molecular complexity index is 554. The van der Waals surface area contributed by atoms with Crippen molar-refractivity contribution < 1.29 is 9.90 Å². The quantitative estimate of drug-likeness (QED) is 0.817. The van der Waals surface area contributed by atoms with Crippen molar-refractivity contribution in [1.82, 2.24) is 9.88 Å². The molecule has 2 aliphatic rings. The summed E-state index contributed by atoms with van der Waals surface area (Å²) in [4.78, 5) is 18.7. The van der Waals surface area contributed by atoms with Gasteiger partial charge in [0.05, 0.1) is 23.5 Å². The maximum atomic E-state index is 11.0. The molecular weight excluding hydrogens is 244 g/mol. The molecule has 2 aliphatic heterocycles. The van der Waals surface area contributed by atoms with Crippen molar-refractivity contribution in [1.29, 1.82) is 5.26 Å². The van der Waals surface area contributed by atoms with Crippen LogP contribution in [0, 0.1) is 17.2 Å². The Kier molecular flexibility index (Phi) is 2.75. The third kappa shape index (κ3) is 1.97. The van der Waals surface area contributed by atoms with E-state index in [1.807, 2.05) is 6.07 Å². The van der Waals surface area contributed by atoms with E-state index in [1.54, 1.807) is 6.20 Å². The number of nitriles is 1. The number of piperidine rings is 1. The number of hydrogen-bond donors (Lipinski definition) is 1. The van der Waals surface area contributed by atoms with Crippen molar-refractivity contribution in [3.63, 3.8) is 0 Å². The Morgan fingerprint density at radius 1 is 1.47 bits per heavy atom. The topological polar surface area (TPSA) is 80.5 Å². The van der Waals surface area contributed by atoms with E-state index in [9.17, 15) is 4.79 Å². The Hall–Kier alpha value is -2.29. The summed E-state index contributed by atoms with van der Waals surface area (Å²) in [5, 5.41) is 17.9. The predicted molar refractivity (Wildman–Crippen MR) is 67.8 cm³/mol. The van der Waals surface area contributed by atoms with Crippen molar-refractivity contribution >= 4 is 11.8 Å². The first-order chi connectivity index (χ1) is 9.19. The zero-order chi connectivity index (χ0) is 13.4. The standard InChI is InChI=1S/C13H14N4O2/c14-4-9-3-11(6-15-5-9)17-7-10-1-2-16(13(18)19)8-12(10)17/h3,5-6,10,12H,1-2,7-8H2,(H,18,19)/t10-,12-/m1/s1. The SMILES string of the molecule is N#Cc1cncc(N2C[C@H]3CCN(C(=O)O)C[C@H]32)c1. The third-order valence-electron chi connectivity index (χ3n) is 4.01. The fourth-order valence-corrected chi connectivity index (χ4v) is 2.91. The van der Waals surface area contributed by atoms with Gasteiger partial charge < -0.3 is 14.9 Å². The highest BCUT2D eigenvalue weighted by molar-refractivity contribution is 5.65. The molecule has 19 heavy (non-hydrogen) atoms. The number of anilines is 1. The zero-order valence-corrected chi connectivity index (χ0v) is 10.4. The third-order valence-corrected chi connectivity index (χ3v) is 4.01. The molecule has 0 radical (unpaired) electrons. The molecule has 1 aromatic rings. The first kappa shape index (κ1) is 11.8. The first-order valence-electron chi connectivity index (χ1n) is 6.28. The van der Waals surface area contributed by atoms with Crippen LogP contribution in [0.2, 0.25) is 0 Å². The van der Waals surface area contributed by atoms with Gasteiger partial charge in [0.2, 0.25) is 0 Å². The van der Waals surface area contributed by atoms with E-state index in [0.717, 1.165) is 18.7 Å². The molecular formula is C13H14N4O2. The number of amides is 1. The van der Waals surface area contributed by atoms with Crippen molar-refractivity contribution in [2.24, 2.45) is 5.92 Å². The normalized spacial score (nSPS) is 25.2. The lowest BCUT2D eigenvalue weighted by atomic mass is 9.82. The summed E-state index contributed by atoms with van der Waals surface area (Å²) in [6.07, 6.45) is 3.33. The van der Waals surface area contributed by atoms with Gasteiger partial charge in [-0.25, -0.2) is 4.79 Å². The minimum atomic E-state index is -0.853. The molecule has 2 atom stereocenters. The second-order valence-corrected chi connectivity index (χ2v) is 5.04. The molecule has 2 fully saturated rings. The minimum absolute atomic E-state index is 0.223. The molecule has 6 nitrogen and oxygen atoms in total. The highest BCUT2D eigenvalue weighted by Gasteiger charge is 2.43. The van der Waals surface area contributed by atoms with E-state index >= 15 is 0 Å². The van der Waals surface area contributed by atoms with Crippen molar-refractivity contribution in [3.05, 3.63) is 24.0 Å². The molecule has 0 aromatic carbocycles. The number of likely N-dealkylation sites (tertiary alicyclic amines) is 1. The fraction of sp³-hybridized carbons (Fsp3) is 0.462. The Labute approximate surface area is 110 Å². The number of hydrogen-bond acceptors (Lipinski definition) is 4. The monoisotopic (exact) mass is 258 g/mol. The Morgan fingerprint density at radius 3 is 3.05 bits per heavy atom. The Morgan fingerprint density at radius 2 is 2.32 bits per heavy atom. The zero-order valence-electron chi connectivity index (χ0n) is 10.4. The van der Waals surface area contributed by atoms with Crippen LogP contribution < -0.4 is 4.90 Å². The number of pyridine rings is 1. The molecule has 98 valence electrons. The van der Waals surface area contributed by atoms with E-state index < -0.39 is 6.09 Å². The molecule has 0 spiro atoms. The van der Waals surface area contributed by atoms with Crippen LogP contribution in [-0.2, 0) is 0 Å². The summed E-state index contributed by atoms with van der Waals surface area (Å²) in [6.45, 7) is 2.09. The van der Waals surface area contributed by atoms with E-state index in [0.29, 0.717) is 24.6 Å². The van der Waals surface area contributed by atoms with E-state index in [1.165, 1.54) is 11.1 Å². The molecule has 6 heteroatoms. The summed E-state index contributed by atoms with van der Waals surface area (Å²) in [5.41, 5.74) is 1.44. The van der Waals surface area contributed by atoms with Crippen LogP contribution in [-0.4, -0.2) is 46.8 Å². The van der Waals surface area contributed by atoms with Gasteiger partial charge in [-0.2, -0.15) is 5.26 Å². The molecule has 0 bridgehead atoms. The van der Waals surface area contributed by atoms with Crippen molar-refractivity contribution in [3.8, 4) is 6.07 Å². The highest BCUT2D eigenvalue weighted by Crippen LogP contribution is 2.36. The van der Waals surface area contributed by atoms with Crippen LogP contribution in [0.4, 0.5) is 10.5 Å². The van der Waals surface area contributed by atoms with Crippen LogP contribution in [0.1, 0.15) is 12.0 Å². The van der Waals surface area contributed by atoms with Gasteiger partial charge >= 0.3 is 6.09 Å². The van der Waals surface area contributed by atoms with Gasteiger partial charge in [0.25, 0.3) is 0 Å². The molecule has 3 rings (SSSR count). The molecule has 3 heterocycles. The summed E-state index contributed by atoms with van der Waals surface area (Å²) >= 11 is 0. The molecule has 1 N–H and O–H groups in total. The lowest BCUT2D eigenvalue weighted by molar-refractivity contribution is 0.0945. The molecule has 0 unspecified atom stereocenters. The number of carbonyl (C=O) groups is 1. The van der Waals surface area contributed by atoms with Gasteiger partial charge in [-0.1, -0.05) is 0 Å². The Balaban J connectivity index is 1.77. The largest absolute Gasteiger partial charge is 0.465 e. The first-order valence-corrected chi connectivity index (χ1v) is 6.28.